The van der Waals surface area contributed by atoms with Gasteiger partial charge in [-0.15, -0.1) is 28.3 Å². The van der Waals surface area contributed by atoms with E-state index in [4.69, 9.17) is 11.6 Å². The first-order valence-electron chi connectivity index (χ1n) is 3.94. The quantitative estimate of drug-likeness (QED) is 0.761. The van der Waals surface area contributed by atoms with E-state index in [-0.39, 0.29) is 17.0 Å². The molecule has 4 heteroatoms. The summed E-state index contributed by atoms with van der Waals surface area (Å²) in [7, 11) is 0. The lowest BCUT2D eigenvalue weighted by atomic mass is 10.2. The van der Waals surface area contributed by atoms with Crippen molar-refractivity contribution < 1.29 is 0 Å². The standard InChI is InChI=1S/C10H8ClNS.BrH/c1-7-12-6-10(13-7)8-2-4-9(11)5-3-8;/h2-6H,1H3;1H. The molecule has 14 heavy (non-hydrogen) atoms. The molecule has 1 heterocycles. The Labute approximate surface area is 103 Å². The first-order chi connectivity index (χ1) is 6.25. The fourth-order valence-corrected chi connectivity index (χ4v) is 2.02. The molecule has 0 spiro atoms. The summed E-state index contributed by atoms with van der Waals surface area (Å²) < 4.78 is 0. The molecule has 0 saturated heterocycles. The van der Waals surface area contributed by atoms with Crippen molar-refractivity contribution in [1.82, 2.24) is 4.98 Å². The van der Waals surface area contributed by atoms with Gasteiger partial charge in [0.1, 0.15) is 0 Å². The molecule has 0 saturated carbocycles. The van der Waals surface area contributed by atoms with Gasteiger partial charge in [0.2, 0.25) is 0 Å². The van der Waals surface area contributed by atoms with Gasteiger partial charge in [0.15, 0.2) is 0 Å². The van der Waals surface area contributed by atoms with Crippen molar-refractivity contribution in [3.63, 3.8) is 0 Å². The van der Waals surface area contributed by atoms with Gasteiger partial charge < -0.3 is 0 Å². The monoisotopic (exact) mass is 289 g/mol. The van der Waals surface area contributed by atoms with Crippen molar-refractivity contribution >= 4 is 39.9 Å². The number of rotatable bonds is 1. The van der Waals surface area contributed by atoms with Gasteiger partial charge in [-0.25, -0.2) is 4.98 Å². The molecule has 74 valence electrons. The summed E-state index contributed by atoms with van der Waals surface area (Å²) in [6.07, 6.45) is 1.89. The second kappa shape index (κ2) is 4.91. The van der Waals surface area contributed by atoms with Crippen LogP contribution in [0.4, 0.5) is 0 Å². The van der Waals surface area contributed by atoms with E-state index in [1.165, 1.54) is 10.4 Å². The van der Waals surface area contributed by atoms with Crippen LogP contribution < -0.4 is 0 Å². The zero-order chi connectivity index (χ0) is 9.26. The minimum atomic E-state index is 0. The third-order valence-corrected chi connectivity index (χ3v) is 2.96. The predicted molar refractivity (Wildman–Crippen MR) is 67.6 cm³/mol. The lowest BCUT2D eigenvalue weighted by Crippen LogP contribution is -1.70. The van der Waals surface area contributed by atoms with E-state index in [0.29, 0.717) is 0 Å². The summed E-state index contributed by atoms with van der Waals surface area (Å²) in [6.45, 7) is 2.00. The van der Waals surface area contributed by atoms with Gasteiger partial charge in [-0.3, -0.25) is 0 Å². The van der Waals surface area contributed by atoms with Crippen molar-refractivity contribution in [2.75, 3.05) is 0 Å². The Balaban J connectivity index is 0.000000980. The van der Waals surface area contributed by atoms with Gasteiger partial charge in [-0.2, -0.15) is 0 Å². The SMILES string of the molecule is Br.Cc1ncc(-c2ccc(Cl)cc2)s1. The van der Waals surface area contributed by atoms with Crippen molar-refractivity contribution in [2.24, 2.45) is 0 Å². The molecule has 2 aromatic rings. The smallest absolute Gasteiger partial charge is 0.0900 e. The van der Waals surface area contributed by atoms with E-state index in [9.17, 15) is 0 Å². The van der Waals surface area contributed by atoms with Crippen LogP contribution in [0.5, 0.6) is 0 Å². The van der Waals surface area contributed by atoms with Crippen LogP contribution in [0, 0.1) is 6.92 Å². The molecule has 0 radical (unpaired) electrons. The zero-order valence-electron chi connectivity index (χ0n) is 7.53. The molecule has 0 N–H and O–H groups in total. The molecular formula is C10H9BrClNS. The Kier molecular flexibility index (Phi) is 4.11. The number of halogens is 2. The zero-order valence-corrected chi connectivity index (χ0v) is 10.8. The number of benzene rings is 1. The highest BCUT2D eigenvalue weighted by molar-refractivity contribution is 8.93. The van der Waals surface area contributed by atoms with Gasteiger partial charge in [-0.05, 0) is 24.6 Å². The molecule has 1 nitrogen and oxygen atoms in total. The van der Waals surface area contributed by atoms with E-state index in [1.54, 1.807) is 11.3 Å². The van der Waals surface area contributed by atoms with Gasteiger partial charge in [0.05, 0.1) is 9.88 Å². The average Bonchev–Trinajstić information content (AvgIpc) is 2.53. The van der Waals surface area contributed by atoms with Gasteiger partial charge in [0.25, 0.3) is 0 Å². The lowest BCUT2D eigenvalue weighted by molar-refractivity contribution is 1.30. The fourth-order valence-electron chi connectivity index (χ4n) is 1.11. The van der Waals surface area contributed by atoms with Gasteiger partial charge >= 0.3 is 0 Å². The van der Waals surface area contributed by atoms with Crippen molar-refractivity contribution in [1.29, 1.82) is 0 Å². The normalized spacial score (nSPS) is 9.57. The molecule has 0 amide bonds. The van der Waals surface area contributed by atoms with Crippen LogP contribution in [0.1, 0.15) is 5.01 Å². The van der Waals surface area contributed by atoms with Crippen molar-refractivity contribution in [2.45, 2.75) is 6.92 Å². The number of hydrogen-bond donors (Lipinski definition) is 0. The van der Waals surface area contributed by atoms with Crippen LogP contribution in [-0.4, -0.2) is 4.98 Å². The third kappa shape index (κ3) is 2.56. The van der Waals surface area contributed by atoms with E-state index in [2.05, 4.69) is 4.98 Å². The number of thiazole rings is 1. The molecule has 1 aromatic carbocycles. The first kappa shape index (κ1) is 11.7. The molecule has 0 unspecified atom stereocenters. The van der Waals surface area contributed by atoms with Gasteiger partial charge in [-0.1, -0.05) is 23.7 Å². The molecule has 0 fully saturated rings. The maximum absolute atomic E-state index is 5.79. The Bertz CT molecular complexity index is 410. The maximum Gasteiger partial charge on any atom is 0.0900 e. The van der Waals surface area contributed by atoms with Crippen LogP contribution in [0.3, 0.4) is 0 Å². The van der Waals surface area contributed by atoms with E-state index < -0.39 is 0 Å². The maximum atomic E-state index is 5.79. The van der Waals surface area contributed by atoms with E-state index in [0.717, 1.165) is 10.0 Å². The van der Waals surface area contributed by atoms with Crippen LogP contribution in [0.25, 0.3) is 10.4 Å². The molecule has 1 aromatic heterocycles. The number of aryl methyl sites for hydroxylation is 1. The molecule has 0 aliphatic heterocycles. The number of hydrogen-bond acceptors (Lipinski definition) is 2. The van der Waals surface area contributed by atoms with Crippen LogP contribution in [0.15, 0.2) is 30.5 Å². The highest BCUT2D eigenvalue weighted by atomic mass is 79.9. The summed E-state index contributed by atoms with van der Waals surface area (Å²) in [6, 6.07) is 7.81. The number of nitrogens with zero attached hydrogens (tertiary/aromatic N) is 1. The van der Waals surface area contributed by atoms with Crippen LogP contribution >= 0.6 is 39.9 Å². The molecule has 2 rings (SSSR count). The van der Waals surface area contributed by atoms with Crippen LogP contribution in [-0.2, 0) is 0 Å². The van der Waals surface area contributed by atoms with E-state index in [1.807, 2.05) is 37.4 Å². The Morgan fingerprint density at radius 2 is 1.86 bits per heavy atom. The molecule has 0 aliphatic rings. The minimum absolute atomic E-state index is 0. The molecule has 0 bridgehead atoms. The minimum Gasteiger partial charge on any atom is -0.249 e. The van der Waals surface area contributed by atoms with Crippen molar-refractivity contribution in [3.05, 3.63) is 40.5 Å². The summed E-state index contributed by atoms with van der Waals surface area (Å²) in [4.78, 5) is 5.39. The second-order valence-corrected chi connectivity index (χ2v) is 4.42. The Morgan fingerprint density at radius 1 is 1.21 bits per heavy atom. The topological polar surface area (TPSA) is 12.9 Å². The average molecular weight is 291 g/mol. The highest BCUT2D eigenvalue weighted by Crippen LogP contribution is 2.26. The summed E-state index contributed by atoms with van der Waals surface area (Å²) >= 11 is 7.48. The lowest BCUT2D eigenvalue weighted by Gasteiger charge is -1.95. The number of aromatic nitrogens is 1. The predicted octanol–water partition coefficient (Wildman–Crippen LogP) is 4.35. The third-order valence-electron chi connectivity index (χ3n) is 1.75. The summed E-state index contributed by atoms with van der Waals surface area (Å²) in [5, 5.41) is 1.86. The highest BCUT2D eigenvalue weighted by Gasteiger charge is 2.00. The summed E-state index contributed by atoms with van der Waals surface area (Å²) in [5.74, 6) is 0. The largest absolute Gasteiger partial charge is 0.249 e. The molecule has 0 aliphatic carbocycles. The molecular weight excluding hydrogens is 282 g/mol. The first-order valence-corrected chi connectivity index (χ1v) is 5.13. The second-order valence-electron chi connectivity index (χ2n) is 2.75. The van der Waals surface area contributed by atoms with Crippen LogP contribution in [0.2, 0.25) is 5.02 Å². The van der Waals surface area contributed by atoms with E-state index >= 15 is 0 Å². The van der Waals surface area contributed by atoms with Gasteiger partial charge in [0, 0.05) is 11.2 Å². The van der Waals surface area contributed by atoms with Crippen molar-refractivity contribution in [3.8, 4) is 10.4 Å². The Hall–Kier alpha value is -0.380. The molecule has 0 atom stereocenters. The Morgan fingerprint density at radius 3 is 2.36 bits per heavy atom. The summed E-state index contributed by atoms with van der Waals surface area (Å²) in [5.41, 5.74) is 1.18. The fraction of sp³-hybridized carbons (Fsp3) is 0.100.